The molecule has 2 N–H and O–H groups in total. The lowest BCUT2D eigenvalue weighted by Gasteiger charge is -2.16. The van der Waals surface area contributed by atoms with Crippen LogP contribution < -0.4 is 15.4 Å². The van der Waals surface area contributed by atoms with Gasteiger partial charge in [-0.3, -0.25) is 14.5 Å². The summed E-state index contributed by atoms with van der Waals surface area (Å²) in [7, 11) is 1.70. The number of nitrogens with zero attached hydrogens (tertiary/aromatic N) is 2. The molecule has 0 saturated heterocycles. The van der Waals surface area contributed by atoms with Gasteiger partial charge in [-0.2, -0.15) is 0 Å². The third-order valence-electron chi connectivity index (χ3n) is 4.19. The topological polar surface area (TPSA) is 83.6 Å². The van der Waals surface area contributed by atoms with Gasteiger partial charge in [-0.05, 0) is 62.5 Å². The van der Waals surface area contributed by atoms with Crippen LogP contribution >= 0.6 is 11.6 Å². The quantitative estimate of drug-likeness (QED) is 0.546. The molecule has 8 heteroatoms. The summed E-state index contributed by atoms with van der Waals surface area (Å²) in [6.07, 6.45) is 0. The molecular formula is C23H23ClN4O3. The highest BCUT2D eigenvalue weighted by Crippen LogP contribution is 2.29. The van der Waals surface area contributed by atoms with Gasteiger partial charge >= 0.3 is 0 Å². The molecule has 0 aliphatic rings. The number of amides is 2. The molecule has 1 aromatic heterocycles. The zero-order chi connectivity index (χ0) is 22.2. The molecule has 160 valence electrons. The van der Waals surface area contributed by atoms with Crippen molar-refractivity contribution >= 4 is 34.9 Å². The average molecular weight is 439 g/mol. The van der Waals surface area contributed by atoms with Crippen molar-refractivity contribution < 1.29 is 14.3 Å². The Labute approximate surface area is 186 Å². The first-order valence-electron chi connectivity index (χ1n) is 9.63. The Bertz CT molecular complexity index is 1060. The summed E-state index contributed by atoms with van der Waals surface area (Å²) in [4.78, 5) is 30.3. The lowest BCUT2D eigenvalue weighted by molar-refractivity contribution is -0.119. The van der Waals surface area contributed by atoms with Crippen LogP contribution in [-0.2, 0) is 9.59 Å². The number of carbonyl (C=O) groups excluding carboxylic acids is 2. The summed E-state index contributed by atoms with van der Waals surface area (Å²) in [5, 5.41) is 6.04. The number of nitrogens with one attached hydrogen (secondary N) is 2. The highest BCUT2D eigenvalue weighted by atomic mass is 35.5. The summed E-state index contributed by atoms with van der Waals surface area (Å²) in [6, 6.07) is 19.5. The van der Waals surface area contributed by atoms with E-state index >= 15 is 0 Å². The predicted octanol–water partition coefficient (Wildman–Crippen LogP) is 4.34. The highest BCUT2D eigenvalue weighted by Gasteiger charge is 2.12. The summed E-state index contributed by atoms with van der Waals surface area (Å²) in [6.45, 7) is 1.97. The molecule has 0 fully saturated rings. The van der Waals surface area contributed by atoms with Gasteiger partial charge in [0.15, 0.2) is 0 Å². The Morgan fingerprint density at radius 1 is 0.935 bits per heavy atom. The molecular weight excluding hydrogens is 416 g/mol. The smallest absolute Gasteiger partial charge is 0.239 e. The third kappa shape index (κ3) is 7.09. The fraction of sp³-hybridized carbons (Fsp3) is 0.174. The van der Waals surface area contributed by atoms with Gasteiger partial charge in [0.25, 0.3) is 0 Å². The van der Waals surface area contributed by atoms with Crippen LogP contribution in [0.15, 0.2) is 66.7 Å². The van der Waals surface area contributed by atoms with E-state index < -0.39 is 0 Å². The number of halogens is 1. The van der Waals surface area contributed by atoms with Crippen molar-refractivity contribution in [2.75, 3.05) is 30.8 Å². The van der Waals surface area contributed by atoms with Gasteiger partial charge in [-0.15, -0.1) is 0 Å². The number of hydrogen-bond acceptors (Lipinski definition) is 5. The van der Waals surface area contributed by atoms with Crippen LogP contribution in [0.3, 0.4) is 0 Å². The van der Waals surface area contributed by atoms with E-state index in [1.54, 1.807) is 54.4 Å². The van der Waals surface area contributed by atoms with E-state index in [-0.39, 0.29) is 24.9 Å². The molecule has 0 aliphatic carbocycles. The molecule has 0 saturated carbocycles. The van der Waals surface area contributed by atoms with Gasteiger partial charge in [-0.25, -0.2) is 4.98 Å². The molecule has 0 aliphatic heterocycles. The zero-order valence-corrected chi connectivity index (χ0v) is 18.0. The van der Waals surface area contributed by atoms with Crippen LogP contribution in [0.25, 0.3) is 0 Å². The first kappa shape index (κ1) is 22.3. The van der Waals surface area contributed by atoms with E-state index in [4.69, 9.17) is 16.3 Å². The van der Waals surface area contributed by atoms with Crippen molar-refractivity contribution in [1.82, 2.24) is 9.88 Å². The number of pyridine rings is 1. The maximum atomic E-state index is 12.3. The van der Waals surface area contributed by atoms with Crippen LogP contribution in [0.4, 0.5) is 11.5 Å². The van der Waals surface area contributed by atoms with Crippen molar-refractivity contribution in [3.63, 3.8) is 0 Å². The average Bonchev–Trinajstić information content (AvgIpc) is 2.71. The number of aromatic nitrogens is 1. The van der Waals surface area contributed by atoms with Gasteiger partial charge in [-0.1, -0.05) is 29.8 Å². The van der Waals surface area contributed by atoms with Crippen molar-refractivity contribution in [2.24, 2.45) is 0 Å². The minimum atomic E-state index is -0.241. The SMILES string of the molecule is Cc1cccc(NC(=O)CN(C)CC(=O)Nc2ccc(Oc3ccccc3Cl)cc2)n1. The summed E-state index contributed by atoms with van der Waals surface area (Å²) >= 11 is 6.09. The van der Waals surface area contributed by atoms with Gasteiger partial charge in [0.05, 0.1) is 18.1 Å². The molecule has 0 atom stereocenters. The Kier molecular flexibility index (Phi) is 7.59. The predicted molar refractivity (Wildman–Crippen MR) is 122 cm³/mol. The number of likely N-dealkylation sites (N-methyl/N-ethyl adjacent to an activating group) is 1. The summed E-state index contributed by atoms with van der Waals surface area (Å²) < 4.78 is 5.73. The minimum absolute atomic E-state index is 0.0620. The second kappa shape index (κ2) is 10.6. The Morgan fingerprint density at radius 3 is 2.29 bits per heavy atom. The summed E-state index contributed by atoms with van der Waals surface area (Å²) in [5.74, 6) is 1.17. The standard InChI is InChI=1S/C23H23ClN4O3/c1-16-6-5-9-21(25-16)27-23(30)15-28(2)14-22(29)26-17-10-12-18(13-11-17)31-20-8-4-3-7-19(20)24/h3-13H,14-15H2,1-2H3,(H,26,29)(H,25,27,30). The Hall–Kier alpha value is -3.42. The largest absolute Gasteiger partial charge is 0.456 e. The van der Waals surface area contributed by atoms with Gasteiger partial charge in [0.2, 0.25) is 11.8 Å². The Morgan fingerprint density at radius 2 is 1.61 bits per heavy atom. The Balaban J connectivity index is 1.46. The van der Waals surface area contributed by atoms with E-state index in [0.717, 1.165) is 5.69 Å². The monoisotopic (exact) mass is 438 g/mol. The van der Waals surface area contributed by atoms with Gasteiger partial charge < -0.3 is 15.4 Å². The van der Waals surface area contributed by atoms with E-state index in [2.05, 4.69) is 15.6 Å². The van der Waals surface area contributed by atoms with E-state index in [1.165, 1.54) is 0 Å². The van der Waals surface area contributed by atoms with Crippen LogP contribution in [0.5, 0.6) is 11.5 Å². The van der Waals surface area contributed by atoms with Crippen LogP contribution in [0.2, 0.25) is 5.02 Å². The first-order valence-corrected chi connectivity index (χ1v) is 10.0. The maximum Gasteiger partial charge on any atom is 0.239 e. The number of para-hydroxylation sites is 1. The minimum Gasteiger partial charge on any atom is -0.456 e. The lowest BCUT2D eigenvalue weighted by Crippen LogP contribution is -2.36. The first-order chi connectivity index (χ1) is 14.9. The molecule has 0 unspecified atom stereocenters. The third-order valence-corrected chi connectivity index (χ3v) is 4.50. The molecule has 2 aromatic carbocycles. The van der Waals surface area contributed by atoms with Gasteiger partial charge in [0.1, 0.15) is 17.3 Å². The second-order valence-corrected chi connectivity index (χ2v) is 7.40. The van der Waals surface area contributed by atoms with E-state index in [9.17, 15) is 9.59 Å². The highest BCUT2D eigenvalue weighted by molar-refractivity contribution is 6.32. The molecule has 3 rings (SSSR count). The number of anilines is 2. The number of rotatable bonds is 8. The number of ether oxygens (including phenoxy) is 1. The number of hydrogen-bond donors (Lipinski definition) is 2. The van der Waals surface area contributed by atoms with Crippen molar-refractivity contribution in [3.8, 4) is 11.5 Å². The van der Waals surface area contributed by atoms with Crippen LogP contribution in [-0.4, -0.2) is 41.8 Å². The fourth-order valence-corrected chi connectivity index (χ4v) is 2.98. The van der Waals surface area contributed by atoms with Crippen LogP contribution in [0.1, 0.15) is 5.69 Å². The number of carbonyl (C=O) groups is 2. The molecule has 31 heavy (non-hydrogen) atoms. The van der Waals surface area contributed by atoms with Crippen molar-refractivity contribution in [2.45, 2.75) is 6.92 Å². The van der Waals surface area contributed by atoms with Crippen molar-refractivity contribution in [1.29, 1.82) is 0 Å². The van der Waals surface area contributed by atoms with E-state index in [0.29, 0.717) is 28.0 Å². The number of aryl methyl sites for hydroxylation is 1. The van der Waals surface area contributed by atoms with Gasteiger partial charge in [0, 0.05) is 11.4 Å². The fourth-order valence-electron chi connectivity index (χ4n) is 2.80. The lowest BCUT2D eigenvalue weighted by atomic mass is 10.3. The second-order valence-electron chi connectivity index (χ2n) is 6.99. The van der Waals surface area contributed by atoms with Crippen LogP contribution in [0, 0.1) is 6.92 Å². The zero-order valence-electron chi connectivity index (χ0n) is 17.3. The normalized spacial score (nSPS) is 10.6. The number of benzene rings is 2. The molecule has 1 heterocycles. The van der Waals surface area contributed by atoms with Crippen molar-refractivity contribution in [3.05, 3.63) is 77.4 Å². The molecule has 7 nitrogen and oxygen atoms in total. The molecule has 0 radical (unpaired) electrons. The molecule has 2 amide bonds. The van der Waals surface area contributed by atoms with E-state index in [1.807, 2.05) is 31.2 Å². The maximum absolute atomic E-state index is 12.3. The molecule has 0 spiro atoms. The summed E-state index contributed by atoms with van der Waals surface area (Å²) in [5.41, 5.74) is 1.44. The molecule has 3 aromatic rings. The molecule has 0 bridgehead atoms.